The van der Waals surface area contributed by atoms with E-state index in [4.69, 9.17) is 15.3 Å². The Morgan fingerprint density at radius 3 is 1.05 bits per heavy atom. The zero-order valence-corrected chi connectivity index (χ0v) is 20.3. The van der Waals surface area contributed by atoms with Gasteiger partial charge in [0, 0.05) is 0 Å². The van der Waals surface area contributed by atoms with E-state index >= 15 is 0 Å². The molecule has 0 bridgehead atoms. The smallest absolute Gasteiger partial charge is 0.328 e. The van der Waals surface area contributed by atoms with Crippen LogP contribution in [0.3, 0.4) is 0 Å². The van der Waals surface area contributed by atoms with Crippen LogP contribution in [0.25, 0.3) is 0 Å². The summed E-state index contributed by atoms with van der Waals surface area (Å²) < 4.78 is 0. The second kappa shape index (κ2) is 18.3. The summed E-state index contributed by atoms with van der Waals surface area (Å²) in [6, 6.07) is -8.75. The Morgan fingerprint density at radius 1 is 0.462 bits per heavy atom. The number of aliphatic carboxylic acids is 1. The van der Waals surface area contributed by atoms with Gasteiger partial charge in [-0.1, -0.05) is 0 Å². The van der Waals surface area contributed by atoms with Crippen LogP contribution in [0.5, 0.6) is 0 Å². The highest BCUT2D eigenvalue weighted by molar-refractivity contribution is 5.96. The van der Waals surface area contributed by atoms with Gasteiger partial charge < -0.3 is 67.6 Å². The fraction of sp³-hybridized carbons (Fsp3) is 0.632. The van der Waals surface area contributed by atoms with E-state index in [1.54, 1.807) is 0 Å². The number of hydrogen-bond donors (Lipinski definition) is 13. The van der Waals surface area contributed by atoms with E-state index in [2.05, 4.69) is 0 Å². The van der Waals surface area contributed by atoms with Gasteiger partial charge in [-0.05, 0) is 0 Å². The summed E-state index contributed by atoms with van der Waals surface area (Å²) in [5, 5.41) is 75.8. The molecule has 0 rings (SSSR count). The highest BCUT2D eigenvalue weighted by atomic mass is 16.4. The standard InChI is InChI=1S/C19H32N6O14/c26-2-8(21-13(32)1-20-14(33)7-31)15(34)22-9(3-27)16(35)23-10(4-28)17(36)24-11(5-29)18(37)25-12(6-30)19(38)39/h8-12,26-31H,1-7H2,(H,20,33)(H,21,32)(H,22,34)(H,23,35)(H,24,36)(H,25,37)(H,38,39)/t8-,9-,10-,11-,12-/m0/s1. The van der Waals surface area contributed by atoms with E-state index in [1.165, 1.54) is 0 Å². The van der Waals surface area contributed by atoms with Crippen LogP contribution in [-0.4, -0.2) is 154 Å². The molecule has 0 aliphatic heterocycles. The SMILES string of the molecule is O=C(CO)NCC(=O)N[C@@H](CO)C(=O)N[C@@H](CO)C(=O)N[C@@H](CO)C(=O)N[C@@H](CO)C(=O)N[C@@H](CO)C(=O)O. The van der Waals surface area contributed by atoms with Gasteiger partial charge in [0.2, 0.25) is 35.4 Å². The van der Waals surface area contributed by atoms with Gasteiger partial charge >= 0.3 is 5.97 Å². The first-order valence-electron chi connectivity index (χ1n) is 11.0. The predicted molar refractivity (Wildman–Crippen MR) is 123 cm³/mol. The molecule has 0 heterocycles. The summed E-state index contributed by atoms with van der Waals surface area (Å²) in [6.45, 7) is -6.73. The summed E-state index contributed by atoms with van der Waals surface area (Å²) in [5.41, 5.74) is 0. The summed E-state index contributed by atoms with van der Waals surface area (Å²) in [4.78, 5) is 82.9. The van der Waals surface area contributed by atoms with Crippen LogP contribution in [0.1, 0.15) is 0 Å². The lowest BCUT2D eigenvalue weighted by atomic mass is 10.2. The summed E-state index contributed by atoms with van der Waals surface area (Å²) in [5.74, 6) is -8.34. The molecule has 5 atom stereocenters. The largest absolute Gasteiger partial charge is 0.480 e. The first-order valence-corrected chi connectivity index (χ1v) is 11.0. The van der Waals surface area contributed by atoms with Crippen molar-refractivity contribution in [2.24, 2.45) is 0 Å². The van der Waals surface area contributed by atoms with Crippen LogP contribution in [0.2, 0.25) is 0 Å². The maximum atomic E-state index is 12.5. The van der Waals surface area contributed by atoms with Crippen molar-refractivity contribution in [2.75, 3.05) is 46.2 Å². The number of nitrogens with one attached hydrogen (secondary N) is 6. The molecule has 0 fully saturated rings. The minimum atomic E-state index is -1.80. The minimum Gasteiger partial charge on any atom is -0.480 e. The number of carboxylic acid groups (broad SMARTS) is 1. The van der Waals surface area contributed by atoms with Gasteiger partial charge in [-0.2, -0.15) is 0 Å². The molecule has 0 unspecified atom stereocenters. The van der Waals surface area contributed by atoms with Crippen LogP contribution in [0, 0.1) is 0 Å². The molecule has 0 spiro atoms. The molecule has 6 amide bonds. The quantitative estimate of drug-likeness (QED) is 0.0730. The molecule has 222 valence electrons. The number of carboxylic acids is 1. The fourth-order valence-electron chi connectivity index (χ4n) is 2.53. The molecule has 13 N–H and O–H groups in total. The van der Waals surface area contributed by atoms with E-state index in [0.717, 1.165) is 0 Å². The first kappa shape index (κ1) is 35.0. The predicted octanol–water partition coefficient (Wildman–Crippen LogP) is -9.44. The van der Waals surface area contributed by atoms with Gasteiger partial charge in [0.05, 0.1) is 39.6 Å². The van der Waals surface area contributed by atoms with Crippen LogP contribution < -0.4 is 31.9 Å². The molecular weight excluding hydrogens is 536 g/mol. The van der Waals surface area contributed by atoms with Crippen molar-refractivity contribution in [1.82, 2.24) is 31.9 Å². The van der Waals surface area contributed by atoms with Gasteiger partial charge in [0.15, 0.2) is 0 Å². The molecule has 20 nitrogen and oxygen atoms in total. The monoisotopic (exact) mass is 568 g/mol. The number of carbonyl (C=O) groups excluding carboxylic acids is 6. The Kier molecular flexibility index (Phi) is 16.5. The zero-order valence-electron chi connectivity index (χ0n) is 20.3. The number of amides is 6. The van der Waals surface area contributed by atoms with Gasteiger partial charge in [-0.25, -0.2) is 4.79 Å². The van der Waals surface area contributed by atoms with Crippen molar-refractivity contribution in [3.63, 3.8) is 0 Å². The van der Waals surface area contributed by atoms with Crippen LogP contribution in [-0.2, 0) is 33.6 Å². The van der Waals surface area contributed by atoms with Gasteiger partial charge in [0.1, 0.15) is 36.8 Å². The third-order valence-electron chi connectivity index (χ3n) is 4.67. The normalized spacial score (nSPS) is 14.4. The van der Waals surface area contributed by atoms with Crippen molar-refractivity contribution in [1.29, 1.82) is 0 Å². The van der Waals surface area contributed by atoms with Crippen molar-refractivity contribution in [2.45, 2.75) is 30.2 Å². The lowest BCUT2D eigenvalue weighted by molar-refractivity contribution is -0.143. The van der Waals surface area contributed by atoms with E-state index in [1.807, 2.05) is 31.9 Å². The second-order valence-electron chi connectivity index (χ2n) is 7.55. The van der Waals surface area contributed by atoms with Crippen LogP contribution >= 0.6 is 0 Å². The van der Waals surface area contributed by atoms with Gasteiger partial charge in [0.25, 0.3) is 0 Å². The molecule has 39 heavy (non-hydrogen) atoms. The van der Waals surface area contributed by atoms with E-state index in [9.17, 15) is 54.0 Å². The minimum absolute atomic E-state index is 0.662. The number of aliphatic hydroxyl groups excluding tert-OH is 6. The highest BCUT2D eigenvalue weighted by Crippen LogP contribution is 1.95. The van der Waals surface area contributed by atoms with Crippen LogP contribution in [0.4, 0.5) is 0 Å². The number of rotatable bonds is 18. The lowest BCUT2D eigenvalue weighted by Crippen LogP contribution is -2.61. The number of hydrogen-bond acceptors (Lipinski definition) is 13. The molecule has 0 aromatic heterocycles. The Labute approximate surface area is 219 Å². The van der Waals surface area contributed by atoms with E-state index < -0.39 is 118 Å². The van der Waals surface area contributed by atoms with Gasteiger partial charge in [-0.15, -0.1) is 0 Å². The Balaban J connectivity index is 5.17. The average Bonchev–Trinajstić information content (AvgIpc) is 2.92. The molecule has 0 radical (unpaired) electrons. The fourth-order valence-corrected chi connectivity index (χ4v) is 2.53. The molecule has 0 aromatic carbocycles. The number of carbonyl (C=O) groups is 7. The van der Waals surface area contributed by atoms with Crippen LogP contribution in [0.15, 0.2) is 0 Å². The molecule has 0 saturated carbocycles. The van der Waals surface area contributed by atoms with Gasteiger partial charge in [-0.3, -0.25) is 28.8 Å². The average molecular weight is 568 g/mol. The zero-order chi connectivity index (χ0) is 30.1. The van der Waals surface area contributed by atoms with Crippen molar-refractivity contribution < 1.29 is 69.3 Å². The Morgan fingerprint density at radius 2 is 0.769 bits per heavy atom. The third kappa shape index (κ3) is 12.4. The third-order valence-corrected chi connectivity index (χ3v) is 4.67. The second-order valence-corrected chi connectivity index (χ2v) is 7.55. The molecule has 0 aliphatic rings. The summed E-state index contributed by atoms with van der Waals surface area (Å²) >= 11 is 0. The van der Waals surface area contributed by atoms with Crippen molar-refractivity contribution in [3.05, 3.63) is 0 Å². The Hall–Kier alpha value is -3.95. The summed E-state index contributed by atoms with van der Waals surface area (Å²) in [6.07, 6.45) is 0. The maximum absolute atomic E-state index is 12.5. The highest BCUT2D eigenvalue weighted by Gasteiger charge is 2.31. The molecule has 0 aliphatic carbocycles. The van der Waals surface area contributed by atoms with E-state index in [0.29, 0.717) is 0 Å². The molecule has 0 saturated heterocycles. The number of aliphatic hydroxyl groups is 6. The molecule has 20 heteroatoms. The van der Waals surface area contributed by atoms with E-state index in [-0.39, 0.29) is 0 Å². The Bertz CT molecular complexity index is 887. The molecule has 0 aromatic rings. The lowest BCUT2D eigenvalue weighted by Gasteiger charge is -2.24. The van der Waals surface area contributed by atoms with Crippen molar-refractivity contribution in [3.8, 4) is 0 Å². The first-order chi connectivity index (χ1) is 18.4. The maximum Gasteiger partial charge on any atom is 0.328 e. The van der Waals surface area contributed by atoms with Crippen molar-refractivity contribution >= 4 is 41.4 Å². The molecular formula is C19H32N6O14. The topological polar surface area (TPSA) is 333 Å². The summed E-state index contributed by atoms with van der Waals surface area (Å²) in [7, 11) is 0.